The molecule has 4 nitrogen and oxygen atoms in total. The molecule has 98 valence electrons. The van der Waals surface area contributed by atoms with Crippen molar-refractivity contribution in [3.05, 3.63) is 23.8 Å². The quantitative estimate of drug-likeness (QED) is 0.920. The zero-order chi connectivity index (χ0) is 13.3. The average molecular weight is 259 g/mol. The lowest BCUT2D eigenvalue weighted by Crippen LogP contribution is -2.08. The molecular weight excluding hydrogens is 247 g/mol. The van der Waals surface area contributed by atoms with E-state index in [9.17, 15) is 13.2 Å². The standard InChI is InChI=1S/C11H12F3N3O/c1-18-5-4-17-9-3-2-7(11(12,13)14)6-8(9)16-10(17)15/h2-3,6H,4-5H2,1H3,(H2,15,16). The van der Waals surface area contributed by atoms with Crippen molar-refractivity contribution in [2.24, 2.45) is 0 Å². The minimum Gasteiger partial charge on any atom is -0.383 e. The van der Waals surface area contributed by atoms with Crippen LogP contribution in [0.3, 0.4) is 0 Å². The topological polar surface area (TPSA) is 53.1 Å². The number of hydrogen-bond donors (Lipinski definition) is 1. The number of benzene rings is 1. The van der Waals surface area contributed by atoms with Crippen molar-refractivity contribution in [1.29, 1.82) is 0 Å². The van der Waals surface area contributed by atoms with Gasteiger partial charge in [0.2, 0.25) is 5.95 Å². The number of nitrogens with zero attached hydrogens (tertiary/aromatic N) is 2. The highest BCUT2D eigenvalue weighted by Gasteiger charge is 2.31. The molecule has 0 radical (unpaired) electrons. The van der Waals surface area contributed by atoms with E-state index in [0.717, 1.165) is 12.1 Å². The fourth-order valence-corrected chi connectivity index (χ4v) is 1.74. The molecule has 1 aromatic carbocycles. The van der Waals surface area contributed by atoms with Crippen LogP contribution in [0.1, 0.15) is 5.56 Å². The Hall–Kier alpha value is -1.76. The zero-order valence-corrected chi connectivity index (χ0v) is 9.66. The lowest BCUT2D eigenvalue weighted by Gasteiger charge is -2.07. The Labute approximate surface area is 101 Å². The molecule has 0 saturated carbocycles. The van der Waals surface area contributed by atoms with Crippen molar-refractivity contribution >= 4 is 17.0 Å². The number of hydrogen-bond acceptors (Lipinski definition) is 3. The van der Waals surface area contributed by atoms with Gasteiger partial charge in [0, 0.05) is 13.7 Å². The average Bonchev–Trinajstić information content (AvgIpc) is 2.60. The second-order valence-corrected chi connectivity index (χ2v) is 3.82. The summed E-state index contributed by atoms with van der Waals surface area (Å²) >= 11 is 0. The van der Waals surface area contributed by atoms with Gasteiger partial charge in [0.15, 0.2) is 0 Å². The summed E-state index contributed by atoms with van der Waals surface area (Å²) < 4.78 is 44.2. The molecule has 0 spiro atoms. The molecular formula is C11H12F3N3O. The predicted octanol–water partition coefficient (Wildman–Crippen LogP) is 2.28. The van der Waals surface area contributed by atoms with Crippen LogP contribution in [-0.4, -0.2) is 23.3 Å². The molecule has 0 bridgehead atoms. The van der Waals surface area contributed by atoms with Gasteiger partial charge in [0.1, 0.15) is 0 Å². The third-order valence-corrected chi connectivity index (χ3v) is 2.62. The number of anilines is 1. The van der Waals surface area contributed by atoms with E-state index in [-0.39, 0.29) is 11.5 Å². The first-order valence-electron chi connectivity index (χ1n) is 5.25. The van der Waals surface area contributed by atoms with Gasteiger partial charge in [-0.15, -0.1) is 0 Å². The fraction of sp³-hybridized carbons (Fsp3) is 0.364. The van der Waals surface area contributed by atoms with E-state index in [0.29, 0.717) is 18.7 Å². The van der Waals surface area contributed by atoms with E-state index in [1.807, 2.05) is 0 Å². The number of alkyl halides is 3. The Balaban J connectivity index is 2.48. The third kappa shape index (κ3) is 2.26. The number of rotatable bonds is 3. The molecule has 0 fully saturated rings. The normalized spacial score (nSPS) is 12.2. The summed E-state index contributed by atoms with van der Waals surface area (Å²) in [6, 6.07) is 3.39. The summed E-state index contributed by atoms with van der Waals surface area (Å²) in [5.41, 5.74) is 5.74. The van der Waals surface area contributed by atoms with E-state index in [1.54, 1.807) is 4.57 Å². The van der Waals surface area contributed by atoms with Gasteiger partial charge < -0.3 is 15.0 Å². The van der Waals surface area contributed by atoms with Crippen molar-refractivity contribution in [3.63, 3.8) is 0 Å². The van der Waals surface area contributed by atoms with Gasteiger partial charge in [-0.2, -0.15) is 13.2 Å². The number of nitrogens with two attached hydrogens (primary N) is 1. The molecule has 2 aromatic rings. The van der Waals surface area contributed by atoms with E-state index in [2.05, 4.69) is 4.98 Å². The molecule has 2 N–H and O–H groups in total. The number of fused-ring (bicyclic) bond motifs is 1. The first-order chi connectivity index (χ1) is 8.43. The Morgan fingerprint density at radius 2 is 2.11 bits per heavy atom. The molecule has 0 aliphatic carbocycles. The molecule has 0 amide bonds. The van der Waals surface area contributed by atoms with Crippen molar-refractivity contribution < 1.29 is 17.9 Å². The van der Waals surface area contributed by atoms with E-state index >= 15 is 0 Å². The van der Waals surface area contributed by atoms with Crippen molar-refractivity contribution in [2.75, 3.05) is 19.5 Å². The van der Waals surface area contributed by atoms with Gasteiger partial charge in [-0.25, -0.2) is 4.98 Å². The summed E-state index contributed by atoms with van der Waals surface area (Å²) in [4.78, 5) is 3.93. The largest absolute Gasteiger partial charge is 0.416 e. The maximum atomic E-state index is 12.5. The van der Waals surface area contributed by atoms with Crippen LogP contribution in [0.2, 0.25) is 0 Å². The van der Waals surface area contributed by atoms with Gasteiger partial charge in [-0.3, -0.25) is 0 Å². The summed E-state index contributed by atoms with van der Waals surface area (Å²) in [7, 11) is 1.54. The highest BCUT2D eigenvalue weighted by Crippen LogP contribution is 2.31. The monoisotopic (exact) mass is 259 g/mol. The van der Waals surface area contributed by atoms with Crippen LogP contribution in [0.4, 0.5) is 19.1 Å². The van der Waals surface area contributed by atoms with Gasteiger partial charge in [-0.05, 0) is 18.2 Å². The predicted molar refractivity (Wildman–Crippen MR) is 61.0 cm³/mol. The number of nitrogen functional groups attached to an aromatic ring is 1. The Morgan fingerprint density at radius 3 is 2.72 bits per heavy atom. The van der Waals surface area contributed by atoms with Gasteiger partial charge in [0.05, 0.1) is 23.2 Å². The number of methoxy groups -OCH3 is 1. The first kappa shape index (κ1) is 12.7. The molecule has 2 rings (SSSR count). The van der Waals surface area contributed by atoms with Crippen LogP contribution < -0.4 is 5.73 Å². The van der Waals surface area contributed by atoms with Gasteiger partial charge >= 0.3 is 6.18 Å². The summed E-state index contributed by atoms with van der Waals surface area (Å²) in [5, 5.41) is 0. The van der Waals surface area contributed by atoms with Crippen molar-refractivity contribution in [1.82, 2.24) is 9.55 Å². The maximum Gasteiger partial charge on any atom is 0.416 e. The van der Waals surface area contributed by atoms with Gasteiger partial charge in [-0.1, -0.05) is 0 Å². The van der Waals surface area contributed by atoms with Crippen LogP contribution in [-0.2, 0) is 17.5 Å². The number of imidazole rings is 1. The Bertz CT molecular complexity index is 562. The first-order valence-corrected chi connectivity index (χ1v) is 5.25. The number of aromatic nitrogens is 2. The van der Waals surface area contributed by atoms with Crippen LogP contribution in [0.25, 0.3) is 11.0 Å². The SMILES string of the molecule is COCCn1c(N)nc2cc(C(F)(F)F)ccc21. The maximum absolute atomic E-state index is 12.5. The molecule has 0 saturated heterocycles. The van der Waals surface area contributed by atoms with Crippen LogP contribution in [0, 0.1) is 0 Å². The molecule has 1 aromatic heterocycles. The zero-order valence-electron chi connectivity index (χ0n) is 9.66. The molecule has 0 atom stereocenters. The van der Waals surface area contributed by atoms with Crippen LogP contribution in [0.15, 0.2) is 18.2 Å². The van der Waals surface area contributed by atoms with Gasteiger partial charge in [0.25, 0.3) is 0 Å². The number of ether oxygens (including phenoxy) is 1. The summed E-state index contributed by atoms with van der Waals surface area (Å²) in [5.74, 6) is 0.182. The molecule has 1 heterocycles. The molecule has 18 heavy (non-hydrogen) atoms. The molecule has 0 unspecified atom stereocenters. The van der Waals surface area contributed by atoms with Crippen molar-refractivity contribution in [2.45, 2.75) is 12.7 Å². The molecule has 0 aliphatic rings. The second kappa shape index (κ2) is 4.49. The lowest BCUT2D eigenvalue weighted by molar-refractivity contribution is -0.137. The Morgan fingerprint density at radius 1 is 1.39 bits per heavy atom. The Kier molecular flexibility index (Phi) is 3.16. The lowest BCUT2D eigenvalue weighted by atomic mass is 10.2. The van der Waals surface area contributed by atoms with Crippen molar-refractivity contribution in [3.8, 4) is 0 Å². The molecule has 7 heteroatoms. The highest BCUT2D eigenvalue weighted by atomic mass is 19.4. The minimum absolute atomic E-state index is 0.182. The van der Waals surface area contributed by atoms with E-state index < -0.39 is 11.7 Å². The van der Waals surface area contributed by atoms with E-state index in [4.69, 9.17) is 10.5 Å². The second-order valence-electron chi connectivity index (χ2n) is 3.82. The van der Waals surface area contributed by atoms with E-state index in [1.165, 1.54) is 13.2 Å². The summed E-state index contributed by atoms with van der Waals surface area (Å²) in [6.07, 6.45) is -4.38. The number of halogens is 3. The minimum atomic E-state index is -4.38. The smallest absolute Gasteiger partial charge is 0.383 e. The van der Waals surface area contributed by atoms with Crippen LogP contribution in [0.5, 0.6) is 0 Å². The molecule has 0 aliphatic heterocycles. The van der Waals surface area contributed by atoms with Crippen LogP contribution >= 0.6 is 0 Å². The summed E-state index contributed by atoms with van der Waals surface area (Å²) in [6.45, 7) is 0.862. The fourth-order valence-electron chi connectivity index (χ4n) is 1.74. The highest BCUT2D eigenvalue weighted by molar-refractivity contribution is 5.79. The third-order valence-electron chi connectivity index (χ3n) is 2.62.